The molecule has 78 valence electrons. The Balaban J connectivity index is 2.02. The molecule has 0 unspecified atom stereocenters. The second-order valence-electron chi connectivity index (χ2n) is 3.53. The fourth-order valence-electron chi connectivity index (χ4n) is 1.42. The third-order valence-corrected chi connectivity index (χ3v) is 2.24. The van der Waals surface area contributed by atoms with E-state index in [1.54, 1.807) is 6.20 Å². The van der Waals surface area contributed by atoms with Gasteiger partial charge in [-0.15, -0.1) is 0 Å². The van der Waals surface area contributed by atoms with E-state index in [4.69, 9.17) is 4.42 Å². The molecule has 15 heavy (non-hydrogen) atoms. The first-order valence-corrected chi connectivity index (χ1v) is 4.96. The SMILES string of the molecule is Cc1ccc(CNc2ncccc2C)o1. The molecule has 0 radical (unpaired) electrons. The maximum Gasteiger partial charge on any atom is 0.129 e. The number of anilines is 1. The van der Waals surface area contributed by atoms with Gasteiger partial charge >= 0.3 is 0 Å². The van der Waals surface area contributed by atoms with Crippen LogP contribution in [0.4, 0.5) is 5.82 Å². The summed E-state index contributed by atoms with van der Waals surface area (Å²) in [5, 5.41) is 3.24. The van der Waals surface area contributed by atoms with E-state index in [9.17, 15) is 0 Å². The molecule has 0 aromatic carbocycles. The van der Waals surface area contributed by atoms with E-state index in [1.807, 2.05) is 38.1 Å². The summed E-state index contributed by atoms with van der Waals surface area (Å²) < 4.78 is 5.45. The Bertz CT molecular complexity index is 448. The van der Waals surface area contributed by atoms with Gasteiger partial charge in [0.05, 0.1) is 6.54 Å². The van der Waals surface area contributed by atoms with Gasteiger partial charge in [0.15, 0.2) is 0 Å². The molecule has 2 rings (SSSR count). The van der Waals surface area contributed by atoms with Crippen LogP contribution >= 0.6 is 0 Å². The molecule has 0 aliphatic carbocycles. The van der Waals surface area contributed by atoms with Crippen LogP contribution in [0, 0.1) is 13.8 Å². The molecule has 3 heteroatoms. The van der Waals surface area contributed by atoms with Gasteiger partial charge in [0.25, 0.3) is 0 Å². The average Bonchev–Trinajstić information content (AvgIpc) is 2.63. The average molecular weight is 202 g/mol. The number of furan rings is 1. The van der Waals surface area contributed by atoms with Crippen molar-refractivity contribution >= 4 is 5.82 Å². The molecule has 0 aliphatic heterocycles. The number of nitrogens with one attached hydrogen (secondary N) is 1. The van der Waals surface area contributed by atoms with Gasteiger partial charge in [-0.25, -0.2) is 4.98 Å². The number of pyridine rings is 1. The number of rotatable bonds is 3. The van der Waals surface area contributed by atoms with Crippen LogP contribution in [0.25, 0.3) is 0 Å². The third kappa shape index (κ3) is 2.37. The van der Waals surface area contributed by atoms with Crippen molar-refractivity contribution in [1.82, 2.24) is 4.98 Å². The molecular formula is C12H14N2O. The maximum absolute atomic E-state index is 5.45. The number of aromatic nitrogens is 1. The van der Waals surface area contributed by atoms with Gasteiger partial charge in [0.1, 0.15) is 17.3 Å². The first-order valence-electron chi connectivity index (χ1n) is 4.96. The van der Waals surface area contributed by atoms with Crippen molar-refractivity contribution in [3.63, 3.8) is 0 Å². The Kier molecular flexibility index (Phi) is 2.72. The second-order valence-corrected chi connectivity index (χ2v) is 3.53. The number of hydrogen-bond acceptors (Lipinski definition) is 3. The Morgan fingerprint density at radius 3 is 2.80 bits per heavy atom. The van der Waals surface area contributed by atoms with Crippen LogP contribution in [0.1, 0.15) is 17.1 Å². The van der Waals surface area contributed by atoms with Crippen molar-refractivity contribution in [2.24, 2.45) is 0 Å². The largest absolute Gasteiger partial charge is 0.465 e. The molecule has 3 nitrogen and oxygen atoms in total. The van der Waals surface area contributed by atoms with Crippen molar-refractivity contribution in [1.29, 1.82) is 0 Å². The lowest BCUT2D eigenvalue weighted by atomic mass is 10.3. The van der Waals surface area contributed by atoms with Crippen LogP contribution in [0.15, 0.2) is 34.9 Å². The van der Waals surface area contributed by atoms with Crippen molar-refractivity contribution < 1.29 is 4.42 Å². The molecule has 0 amide bonds. The molecule has 1 N–H and O–H groups in total. The van der Waals surface area contributed by atoms with Crippen LogP contribution < -0.4 is 5.32 Å². The first-order chi connectivity index (χ1) is 7.25. The summed E-state index contributed by atoms with van der Waals surface area (Å²) in [6.07, 6.45) is 1.78. The molecular weight excluding hydrogens is 188 g/mol. The zero-order chi connectivity index (χ0) is 10.7. The molecule has 2 aromatic rings. The Labute approximate surface area is 89.1 Å². The van der Waals surface area contributed by atoms with Crippen LogP contribution in [-0.4, -0.2) is 4.98 Å². The standard InChI is InChI=1S/C12H14N2O/c1-9-4-3-7-13-12(9)14-8-11-6-5-10(2)15-11/h3-7H,8H2,1-2H3,(H,13,14). The molecule has 0 saturated carbocycles. The quantitative estimate of drug-likeness (QED) is 0.831. The summed E-state index contributed by atoms with van der Waals surface area (Å²) in [7, 11) is 0. The van der Waals surface area contributed by atoms with Crippen molar-refractivity contribution in [3.05, 3.63) is 47.5 Å². The lowest BCUT2D eigenvalue weighted by Gasteiger charge is -2.05. The zero-order valence-corrected chi connectivity index (χ0v) is 8.95. The van der Waals surface area contributed by atoms with Gasteiger partial charge in [-0.05, 0) is 37.6 Å². The smallest absolute Gasteiger partial charge is 0.129 e. The van der Waals surface area contributed by atoms with Crippen molar-refractivity contribution in [2.75, 3.05) is 5.32 Å². The fraction of sp³-hybridized carbons (Fsp3) is 0.250. The van der Waals surface area contributed by atoms with Gasteiger partial charge in [-0.2, -0.15) is 0 Å². The lowest BCUT2D eigenvalue weighted by molar-refractivity contribution is 0.490. The Morgan fingerprint density at radius 1 is 1.27 bits per heavy atom. The van der Waals surface area contributed by atoms with Crippen LogP contribution in [-0.2, 0) is 6.54 Å². The summed E-state index contributed by atoms with van der Waals surface area (Å²) in [5.74, 6) is 2.77. The van der Waals surface area contributed by atoms with Gasteiger partial charge in [0, 0.05) is 6.20 Å². The van der Waals surface area contributed by atoms with E-state index in [-0.39, 0.29) is 0 Å². The van der Waals surface area contributed by atoms with Gasteiger partial charge < -0.3 is 9.73 Å². The highest BCUT2D eigenvalue weighted by Gasteiger charge is 2.00. The molecule has 0 spiro atoms. The second kappa shape index (κ2) is 4.17. The summed E-state index contributed by atoms with van der Waals surface area (Å²) in [5.41, 5.74) is 1.14. The maximum atomic E-state index is 5.45. The third-order valence-electron chi connectivity index (χ3n) is 2.24. The topological polar surface area (TPSA) is 38.1 Å². The van der Waals surface area contributed by atoms with E-state index >= 15 is 0 Å². The molecule has 0 fully saturated rings. The summed E-state index contributed by atoms with van der Waals surface area (Å²) in [6.45, 7) is 4.64. The summed E-state index contributed by atoms with van der Waals surface area (Å²) >= 11 is 0. The number of nitrogens with zero attached hydrogens (tertiary/aromatic N) is 1. The Morgan fingerprint density at radius 2 is 2.13 bits per heavy atom. The number of aryl methyl sites for hydroxylation is 2. The van der Waals surface area contributed by atoms with Crippen molar-refractivity contribution in [2.45, 2.75) is 20.4 Å². The highest BCUT2D eigenvalue weighted by Crippen LogP contribution is 2.12. The molecule has 2 aromatic heterocycles. The monoisotopic (exact) mass is 202 g/mol. The number of hydrogen-bond donors (Lipinski definition) is 1. The highest BCUT2D eigenvalue weighted by molar-refractivity contribution is 5.42. The summed E-state index contributed by atoms with van der Waals surface area (Å²) in [4.78, 5) is 4.25. The van der Waals surface area contributed by atoms with Gasteiger partial charge in [-0.3, -0.25) is 0 Å². The predicted octanol–water partition coefficient (Wildman–Crippen LogP) is 2.90. The van der Waals surface area contributed by atoms with E-state index in [2.05, 4.69) is 10.3 Å². The van der Waals surface area contributed by atoms with E-state index in [1.165, 1.54) is 0 Å². The van der Waals surface area contributed by atoms with Crippen LogP contribution in [0.3, 0.4) is 0 Å². The zero-order valence-electron chi connectivity index (χ0n) is 8.95. The lowest BCUT2D eigenvalue weighted by Crippen LogP contribution is -2.01. The molecule has 0 bridgehead atoms. The van der Waals surface area contributed by atoms with E-state index in [0.717, 1.165) is 22.9 Å². The van der Waals surface area contributed by atoms with Gasteiger partial charge in [-0.1, -0.05) is 6.07 Å². The van der Waals surface area contributed by atoms with Crippen molar-refractivity contribution in [3.8, 4) is 0 Å². The summed E-state index contributed by atoms with van der Waals surface area (Å²) in [6, 6.07) is 7.89. The normalized spacial score (nSPS) is 10.3. The molecule has 0 aliphatic rings. The molecule has 0 saturated heterocycles. The van der Waals surface area contributed by atoms with Crippen LogP contribution in [0.2, 0.25) is 0 Å². The minimum Gasteiger partial charge on any atom is -0.465 e. The molecule has 2 heterocycles. The van der Waals surface area contributed by atoms with Crippen LogP contribution in [0.5, 0.6) is 0 Å². The molecule has 0 atom stereocenters. The van der Waals surface area contributed by atoms with Gasteiger partial charge in [0.2, 0.25) is 0 Å². The van der Waals surface area contributed by atoms with E-state index < -0.39 is 0 Å². The Hall–Kier alpha value is -1.77. The minimum absolute atomic E-state index is 0.672. The highest BCUT2D eigenvalue weighted by atomic mass is 16.3. The minimum atomic E-state index is 0.672. The first kappa shape index (κ1) is 9.77. The predicted molar refractivity (Wildman–Crippen MR) is 59.7 cm³/mol. The van der Waals surface area contributed by atoms with E-state index in [0.29, 0.717) is 6.54 Å². The fourth-order valence-corrected chi connectivity index (χ4v) is 1.42.